The number of benzene rings is 2. The van der Waals surface area contributed by atoms with E-state index in [4.69, 9.17) is 15.2 Å². The summed E-state index contributed by atoms with van der Waals surface area (Å²) in [5, 5.41) is 1.11. The van der Waals surface area contributed by atoms with Crippen molar-refractivity contribution in [1.29, 1.82) is 0 Å². The average Bonchev–Trinajstić information content (AvgIpc) is 3.35. The Bertz CT molecular complexity index is 1120. The summed E-state index contributed by atoms with van der Waals surface area (Å²) < 4.78 is 11.8. The van der Waals surface area contributed by atoms with Crippen LogP contribution in [0.1, 0.15) is 31.2 Å². The molecule has 1 unspecified atom stereocenters. The quantitative estimate of drug-likeness (QED) is 0.665. The van der Waals surface area contributed by atoms with Crippen LogP contribution in [0, 0.1) is 6.92 Å². The third kappa shape index (κ3) is 4.02. The van der Waals surface area contributed by atoms with Crippen LogP contribution in [0.4, 0.5) is 5.82 Å². The number of aromatic nitrogens is 1. The van der Waals surface area contributed by atoms with Gasteiger partial charge in [-0.25, -0.2) is 4.98 Å². The van der Waals surface area contributed by atoms with E-state index in [2.05, 4.69) is 18.0 Å². The molecule has 0 aliphatic carbocycles. The highest BCUT2D eigenvalue weighted by Crippen LogP contribution is 2.34. The van der Waals surface area contributed by atoms with Crippen LogP contribution in [0.3, 0.4) is 0 Å². The second kappa shape index (κ2) is 8.79. The van der Waals surface area contributed by atoms with Crippen LogP contribution in [0.5, 0.6) is 5.75 Å². The molecule has 2 aliphatic heterocycles. The lowest BCUT2D eigenvalue weighted by Gasteiger charge is -2.33. The summed E-state index contributed by atoms with van der Waals surface area (Å²) in [6.07, 6.45) is 3.37. The van der Waals surface area contributed by atoms with Gasteiger partial charge in [-0.05, 0) is 49.1 Å². The Kier molecular flexibility index (Phi) is 5.70. The number of nitrogens with zero attached hydrogens (tertiary/aromatic N) is 2. The van der Waals surface area contributed by atoms with Gasteiger partial charge >= 0.3 is 0 Å². The molecule has 2 saturated heterocycles. The molecule has 3 heterocycles. The summed E-state index contributed by atoms with van der Waals surface area (Å²) in [6.45, 7) is 4.23. The predicted molar refractivity (Wildman–Crippen MR) is 126 cm³/mol. The summed E-state index contributed by atoms with van der Waals surface area (Å²) in [6, 6.07) is 16.1. The second-order valence-corrected chi connectivity index (χ2v) is 8.68. The molecule has 0 spiro atoms. The molecule has 0 bridgehead atoms. The molecular weight excluding hydrogens is 402 g/mol. The number of pyridine rings is 1. The minimum Gasteiger partial charge on any atom is -0.490 e. The van der Waals surface area contributed by atoms with Crippen LogP contribution in [0.15, 0.2) is 48.5 Å². The van der Waals surface area contributed by atoms with Crippen molar-refractivity contribution >= 4 is 22.6 Å². The van der Waals surface area contributed by atoms with E-state index in [-0.39, 0.29) is 18.1 Å². The van der Waals surface area contributed by atoms with Crippen molar-refractivity contribution < 1.29 is 14.3 Å². The number of fused-ring (bicyclic) bond motifs is 1. The molecule has 3 aromatic rings. The molecule has 2 aliphatic rings. The van der Waals surface area contributed by atoms with Crippen molar-refractivity contribution in [1.82, 2.24) is 9.88 Å². The van der Waals surface area contributed by atoms with Gasteiger partial charge < -0.3 is 20.1 Å². The first-order valence-electron chi connectivity index (χ1n) is 11.4. The van der Waals surface area contributed by atoms with Gasteiger partial charge in [-0.2, -0.15) is 0 Å². The van der Waals surface area contributed by atoms with Crippen molar-refractivity contribution in [3.05, 3.63) is 54.1 Å². The molecule has 2 N–H and O–H groups in total. The van der Waals surface area contributed by atoms with Crippen molar-refractivity contribution in [3.8, 4) is 16.9 Å². The number of aryl methyl sites for hydroxylation is 1. The van der Waals surface area contributed by atoms with E-state index in [1.807, 2.05) is 47.4 Å². The minimum atomic E-state index is -0.236. The van der Waals surface area contributed by atoms with E-state index in [1.54, 1.807) is 0 Å². The number of hydrogen-bond donors (Lipinski definition) is 1. The molecule has 166 valence electrons. The fourth-order valence-electron chi connectivity index (χ4n) is 4.83. The number of anilines is 1. The standard InChI is InChI=1S/C26H29N3O3/c1-17-21-5-2-3-6-22(21)28-25(27)24(17)18-8-10-19(11-9-18)32-20-12-14-29(15-13-20)26(30)23-7-4-16-31-23/h2-3,5-6,8-11,20,23H,4,7,12-16H2,1H3,(H2,27,28). The highest BCUT2D eigenvalue weighted by molar-refractivity contribution is 5.93. The third-order valence-corrected chi connectivity index (χ3v) is 6.58. The Labute approximate surface area is 188 Å². The van der Waals surface area contributed by atoms with Gasteiger partial charge in [-0.3, -0.25) is 4.79 Å². The van der Waals surface area contributed by atoms with E-state index in [9.17, 15) is 4.79 Å². The molecule has 2 aromatic carbocycles. The number of carbonyl (C=O) groups excluding carboxylic acids is 1. The Hall–Kier alpha value is -3.12. The minimum absolute atomic E-state index is 0.114. The molecule has 1 aromatic heterocycles. The predicted octanol–water partition coefficient (Wildman–Crippen LogP) is 4.34. The van der Waals surface area contributed by atoms with Gasteiger partial charge in [0.05, 0.1) is 5.52 Å². The molecule has 0 radical (unpaired) electrons. The van der Waals surface area contributed by atoms with Gasteiger partial charge in [0.25, 0.3) is 5.91 Å². The van der Waals surface area contributed by atoms with Gasteiger partial charge in [0.2, 0.25) is 0 Å². The van der Waals surface area contributed by atoms with Gasteiger partial charge in [0.15, 0.2) is 0 Å². The molecule has 6 heteroatoms. The largest absolute Gasteiger partial charge is 0.490 e. The lowest BCUT2D eigenvalue weighted by molar-refractivity contribution is -0.142. The number of piperidine rings is 1. The van der Waals surface area contributed by atoms with Crippen LogP contribution < -0.4 is 10.5 Å². The van der Waals surface area contributed by atoms with E-state index in [0.29, 0.717) is 12.4 Å². The fourth-order valence-corrected chi connectivity index (χ4v) is 4.83. The SMILES string of the molecule is Cc1c(-c2ccc(OC3CCN(C(=O)C4CCCO4)CC3)cc2)c(N)nc2ccccc12. The van der Waals surface area contributed by atoms with E-state index in [1.165, 1.54) is 0 Å². The number of rotatable bonds is 4. The third-order valence-electron chi connectivity index (χ3n) is 6.58. The molecule has 1 atom stereocenters. The number of carbonyl (C=O) groups is 1. The van der Waals surface area contributed by atoms with Crippen LogP contribution >= 0.6 is 0 Å². The summed E-state index contributed by atoms with van der Waals surface area (Å²) in [5.41, 5.74) is 10.3. The average molecular weight is 432 g/mol. The summed E-state index contributed by atoms with van der Waals surface area (Å²) in [5.74, 6) is 1.52. The topological polar surface area (TPSA) is 77.7 Å². The van der Waals surface area contributed by atoms with Gasteiger partial charge in [0, 0.05) is 43.5 Å². The highest BCUT2D eigenvalue weighted by Gasteiger charge is 2.31. The van der Waals surface area contributed by atoms with Crippen LogP contribution in [0.25, 0.3) is 22.0 Å². The number of hydrogen-bond acceptors (Lipinski definition) is 5. The maximum absolute atomic E-state index is 12.5. The van der Waals surface area contributed by atoms with Crippen LogP contribution in [-0.4, -0.2) is 47.7 Å². The number of ether oxygens (including phenoxy) is 2. The number of amides is 1. The number of nitrogens with two attached hydrogens (primary N) is 1. The van der Waals surface area contributed by atoms with Crippen molar-refractivity contribution in [2.24, 2.45) is 0 Å². The molecule has 32 heavy (non-hydrogen) atoms. The van der Waals surface area contributed by atoms with E-state index >= 15 is 0 Å². The van der Waals surface area contributed by atoms with Gasteiger partial charge in [0.1, 0.15) is 23.8 Å². The Morgan fingerprint density at radius 2 is 1.84 bits per heavy atom. The Morgan fingerprint density at radius 1 is 1.09 bits per heavy atom. The van der Waals surface area contributed by atoms with Crippen LogP contribution in [0.2, 0.25) is 0 Å². The van der Waals surface area contributed by atoms with Crippen molar-refractivity contribution in [2.75, 3.05) is 25.4 Å². The molecule has 2 fully saturated rings. The lowest BCUT2D eigenvalue weighted by atomic mass is 9.97. The van der Waals surface area contributed by atoms with Gasteiger partial charge in [-0.15, -0.1) is 0 Å². The zero-order valence-electron chi connectivity index (χ0n) is 18.4. The lowest BCUT2D eigenvalue weighted by Crippen LogP contribution is -2.45. The second-order valence-electron chi connectivity index (χ2n) is 8.68. The normalized spacial score (nSPS) is 19.4. The zero-order chi connectivity index (χ0) is 22.1. The Balaban J connectivity index is 1.24. The summed E-state index contributed by atoms with van der Waals surface area (Å²) >= 11 is 0. The summed E-state index contributed by atoms with van der Waals surface area (Å²) in [4.78, 5) is 19.0. The first kappa shape index (κ1) is 20.8. The first-order chi connectivity index (χ1) is 15.6. The molecule has 1 amide bonds. The number of nitrogen functional groups attached to an aromatic ring is 1. The van der Waals surface area contributed by atoms with E-state index in [0.717, 1.165) is 72.1 Å². The van der Waals surface area contributed by atoms with E-state index < -0.39 is 0 Å². The fraction of sp³-hybridized carbons (Fsp3) is 0.385. The van der Waals surface area contributed by atoms with Crippen LogP contribution in [-0.2, 0) is 9.53 Å². The summed E-state index contributed by atoms with van der Waals surface area (Å²) in [7, 11) is 0. The molecule has 6 nitrogen and oxygen atoms in total. The Morgan fingerprint density at radius 3 is 2.56 bits per heavy atom. The molecule has 5 rings (SSSR count). The van der Waals surface area contributed by atoms with Gasteiger partial charge in [-0.1, -0.05) is 30.3 Å². The monoisotopic (exact) mass is 431 g/mol. The first-order valence-corrected chi connectivity index (χ1v) is 11.4. The number of likely N-dealkylation sites (tertiary alicyclic amines) is 1. The molecule has 0 saturated carbocycles. The van der Waals surface area contributed by atoms with Crippen molar-refractivity contribution in [2.45, 2.75) is 44.8 Å². The van der Waals surface area contributed by atoms with Crippen molar-refractivity contribution in [3.63, 3.8) is 0 Å². The smallest absolute Gasteiger partial charge is 0.251 e. The maximum atomic E-state index is 12.5. The molecular formula is C26H29N3O3. The maximum Gasteiger partial charge on any atom is 0.251 e. The highest BCUT2D eigenvalue weighted by atomic mass is 16.5. The zero-order valence-corrected chi connectivity index (χ0v) is 18.4. The number of para-hydroxylation sites is 1.